The quantitative estimate of drug-likeness (QED) is 0.596. The lowest BCUT2D eigenvalue weighted by Crippen LogP contribution is -2.43. The normalized spacial score (nSPS) is 15.9. The van der Waals surface area contributed by atoms with E-state index < -0.39 is 0 Å². The summed E-state index contributed by atoms with van der Waals surface area (Å²) in [5, 5.41) is 14.5. The summed E-state index contributed by atoms with van der Waals surface area (Å²) >= 11 is 5.51. The molecule has 1 fully saturated rings. The average Bonchev–Trinajstić information content (AvgIpc) is 3.04. The fourth-order valence-corrected chi connectivity index (χ4v) is 3.87. The van der Waals surface area contributed by atoms with Gasteiger partial charge < -0.3 is 29.3 Å². The van der Waals surface area contributed by atoms with E-state index in [9.17, 15) is 5.26 Å². The second-order valence-corrected chi connectivity index (χ2v) is 7.31. The molecular weight excluding hydrogens is 390 g/mol. The van der Waals surface area contributed by atoms with Crippen molar-refractivity contribution >= 4 is 34.1 Å². The third-order valence-electron chi connectivity index (χ3n) is 5.07. The molecule has 1 aromatic heterocycles. The molecule has 0 amide bonds. The molecule has 2 aliphatic rings. The number of thiocarbonyl (C=S) groups is 1. The van der Waals surface area contributed by atoms with Crippen molar-refractivity contribution in [2.45, 2.75) is 6.42 Å². The maximum Gasteiger partial charge on any atom is 0.231 e. The molecule has 0 atom stereocenters. The van der Waals surface area contributed by atoms with Gasteiger partial charge in [-0.25, -0.2) is 4.98 Å². The molecule has 1 N–H and O–H groups in total. The van der Waals surface area contributed by atoms with Crippen LogP contribution >= 0.6 is 12.2 Å². The van der Waals surface area contributed by atoms with Crippen LogP contribution < -0.4 is 19.7 Å². The second kappa shape index (κ2) is 8.68. The zero-order chi connectivity index (χ0) is 20.2. The van der Waals surface area contributed by atoms with E-state index in [0.29, 0.717) is 36.0 Å². The van der Waals surface area contributed by atoms with E-state index in [0.717, 1.165) is 48.6 Å². The SMILES string of the molecule is COCCNC(=S)N1CCCN(c2nc3cc4c(cc3cc2C#N)OCO4)CC1. The number of methoxy groups -OCH3 is 1. The number of nitrogens with one attached hydrogen (secondary N) is 1. The summed E-state index contributed by atoms with van der Waals surface area (Å²) in [6.45, 7) is 4.71. The number of anilines is 1. The molecule has 0 unspecified atom stereocenters. The highest BCUT2D eigenvalue weighted by Crippen LogP contribution is 2.37. The Kier molecular flexibility index (Phi) is 5.83. The summed E-state index contributed by atoms with van der Waals surface area (Å²) in [6, 6.07) is 7.93. The summed E-state index contributed by atoms with van der Waals surface area (Å²) in [4.78, 5) is 9.13. The van der Waals surface area contributed by atoms with Crippen LogP contribution in [0.1, 0.15) is 12.0 Å². The van der Waals surface area contributed by atoms with Crippen LogP contribution in [0.3, 0.4) is 0 Å². The van der Waals surface area contributed by atoms with Gasteiger partial charge in [0.1, 0.15) is 11.9 Å². The standard InChI is InChI=1S/C20H23N5O3S/c1-26-8-3-22-20(29)25-5-2-4-24(6-7-25)19-15(12-21)9-14-10-17-18(28-13-27-17)11-16(14)23-19/h9-11H,2-8,13H2,1H3,(H,22,29). The van der Waals surface area contributed by atoms with Crippen LogP contribution in [0.15, 0.2) is 18.2 Å². The molecule has 0 saturated carbocycles. The van der Waals surface area contributed by atoms with Gasteiger partial charge >= 0.3 is 0 Å². The number of hydrogen-bond donors (Lipinski definition) is 1. The molecule has 1 aromatic carbocycles. The van der Waals surface area contributed by atoms with Crippen molar-refractivity contribution in [2.75, 3.05) is 58.1 Å². The Balaban J connectivity index is 1.54. The minimum Gasteiger partial charge on any atom is -0.454 e. The Morgan fingerprint density at radius 2 is 2.07 bits per heavy atom. The van der Waals surface area contributed by atoms with E-state index in [4.69, 9.17) is 31.4 Å². The first-order valence-electron chi connectivity index (χ1n) is 9.61. The minimum atomic E-state index is 0.212. The monoisotopic (exact) mass is 413 g/mol. The number of nitriles is 1. The fraction of sp³-hybridized carbons (Fsp3) is 0.450. The molecule has 1 saturated heterocycles. The number of hydrogen-bond acceptors (Lipinski definition) is 7. The van der Waals surface area contributed by atoms with Crippen LogP contribution in [-0.4, -0.2) is 68.2 Å². The number of pyridine rings is 1. The first-order valence-corrected chi connectivity index (χ1v) is 10.0. The molecule has 9 heteroatoms. The minimum absolute atomic E-state index is 0.212. The van der Waals surface area contributed by atoms with E-state index in [1.165, 1.54) is 0 Å². The fourth-order valence-electron chi connectivity index (χ4n) is 3.58. The van der Waals surface area contributed by atoms with Crippen LogP contribution in [0.4, 0.5) is 5.82 Å². The first-order chi connectivity index (χ1) is 14.2. The van der Waals surface area contributed by atoms with Crippen molar-refractivity contribution in [1.29, 1.82) is 5.26 Å². The van der Waals surface area contributed by atoms with Gasteiger partial charge in [-0.3, -0.25) is 0 Å². The van der Waals surface area contributed by atoms with Gasteiger partial charge in [-0.15, -0.1) is 0 Å². The lowest BCUT2D eigenvalue weighted by atomic mass is 10.1. The Morgan fingerprint density at radius 1 is 1.24 bits per heavy atom. The van der Waals surface area contributed by atoms with Crippen LogP contribution in [0.25, 0.3) is 10.9 Å². The van der Waals surface area contributed by atoms with Gasteiger partial charge in [0.25, 0.3) is 0 Å². The predicted octanol–water partition coefficient (Wildman–Crippen LogP) is 1.87. The first kappa shape index (κ1) is 19.5. The molecule has 152 valence electrons. The Labute approximate surface area is 174 Å². The summed E-state index contributed by atoms with van der Waals surface area (Å²) in [5.41, 5.74) is 1.35. The van der Waals surface area contributed by atoms with Crippen molar-refractivity contribution < 1.29 is 14.2 Å². The van der Waals surface area contributed by atoms with Crippen LogP contribution in [0, 0.1) is 11.3 Å². The van der Waals surface area contributed by atoms with E-state index in [-0.39, 0.29) is 6.79 Å². The number of benzene rings is 1. The molecule has 0 spiro atoms. The van der Waals surface area contributed by atoms with Crippen LogP contribution in [-0.2, 0) is 4.74 Å². The molecular formula is C20H23N5O3S. The molecule has 0 aliphatic carbocycles. The average molecular weight is 414 g/mol. The molecule has 2 aliphatic heterocycles. The van der Waals surface area contributed by atoms with Gasteiger partial charge in [-0.2, -0.15) is 5.26 Å². The van der Waals surface area contributed by atoms with Crippen LogP contribution in [0.5, 0.6) is 11.5 Å². The molecule has 0 radical (unpaired) electrons. The zero-order valence-electron chi connectivity index (χ0n) is 16.3. The Hall–Kier alpha value is -2.83. The number of fused-ring (bicyclic) bond motifs is 2. The number of nitrogens with zero attached hydrogens (tertiary/aromatic N) is 4. The van der Waals surface area contributed by atoms with E-state index in [1.54, 1.807) is 7.11 Å². The second-order valence-electron chi connectivity index (χ2n) is 6.92. The third kappa shape index (κ3) is 4.13. The maximum absolute atomic E-state index is 9.71. The van der Waals surface area contributed by atoms with Gasteiger partial charge in [-0.1, -0.05) is 0 Å². The van der Waals surface area contributed by atoms with E-state index in [1.807, 2.05) is 18.2 Å². The summed E-state index contributed by atoms with van der Waals surface area (Å²) in [7, 11) is 1.67. The molecule has 8 nitrogen and oxygen atoms in total. The highest BCUT2D eigenvalue weighted by atomic mass is 32.1. The molecule has 0 bridgehead atoms. The molecule has 4 rings (SSSR count). The van der Waals surface area contributed by atoms with Gasteiger partial charge in [-0.05, 0) is 30.8 Å². The van der Waals surface area contributed by atoms with Crippen molar-refractivity contribution in [2.24, 2.45) is 0 Å². The van der Waals surface area contributed by atoms with Gasteiger partial charge in [0.05, 0.1) is 17.7 Å². The molecule has 3 heterocycles. The highest BCUT2D eigenvalue weighted by Gasteiger charge is 2.22. The summed E-state index contributed by atoms with van der Waals surface area (Å²) in [6.07, 6.45) is 0.928. The number of aromatic nitrogens is 1. The van der Waals surface area contributed by atoms with Crippen LogP contribution in [0.2, 0.25) is 0 Å². The smallest absolute Gasteiger partial charge is 0.231 e. The van der Waals surface area contributed by atoms with E-state index >= 15 is 0 Å². The van der Waals surface area contributed by atoms with Gasteiger partial charge in [0, 0.05) is 51.3 Å². The Bertz CT molecular complexity index is 961. The zero-order valence-corrected chi connectivity index (χ0v) is 17.1. The predicted molar refractivity (Wildman–Crippen MR) is 113 cm³/mol. The largest absolute Gasteiger partial charge is 0.454 e. The van der Waals surface area contributed by atoms with Gasteiger partial charge in [0.15, 0.2) is 16.6 Å². The highest BCUT2D eigenvalue weighted by molar-refractivity contribution is 7.80. The summed E-state index contributed by atoms with van der Waals surface area (Å²) in [5.74, 6) is 2.09. The summed E-state index contributed by atoms with van der Waals surface area (Å²) < 4.78 is 16.0. The molecule has 29 heavy (non-hydrogen) atoms. The lowest BCUT2D eigenvalue weighted by Gasteiger charge is -2.25. The molecule has 2 aromatic rings. The van der Waals surface area contributed by atoms with E-state index in [2.05, 4.69) is 21.2 Å². The van der Waals surface area contributed by atoms with Crippen molar-refractivity contribution in [3.8, 4) is 17.6 Å². The third-order valence-corrected chi connectivity index (χ3v) is 5.48. The van der Waals surface area contributed by atoms with Crippen molar-refractivity contribution in [3.05, 3.63) is 23.8 Å². The number of ether oxygens (including phenoxy) is 3. The number of rotatable bonds is 4. The van der Waals surface area contributed by atoms with Crippen molar-refractivity contribution in [3.63, 3.8) is 0 Å². The maximum atomic E-state index is 9.71. The Morgan fingerprint density at radius 3 is 2.86 bits per heavy atom. The van der Waals surface area contributed by atoms with Crippen molar-refractivity contribution in [1.82, 2.24) is 15.2 Å². The van der Waals surface area contributed by atoms with Gasteiger partial charge in [0.2, 0.25) is 6.79 Å². The topological polar surface area (TPSA) is 82.9 Å². The lowest BCUT2D eigenvalue weighted by molar-refractivity contribution is 0.174.